The van der Waals surface area contributed by atoms with Crippen molar-refractivity contribution >= 4 is 17.3 Å². The zero-order chi connectivity index (χ0) is 14.0. The number of aryl methyl sites for hydroxylation is 2. The van der Waals surface area contributed by atoms with E-state index in [0.717, 1.165) is 11.3 Å². The Bertz CT molecular complexity index is 579. The first-order chi connectivity index (χ1) is 8.97. The lowest BCUT2D eigenvalue weighted by Crippen LogP contribution is -2.23. The van der Waals surface area contributed by atoms with Gasteiger partial charge in [0.25, 0.3) is 5.91 Å². The Morgan fingerprint density at radius 1 is 1.26 bits per heavy atom. The molecule has 0 aliphatic heterocycles. The second kappa shape index (κ2) is 5.01. The summed E-state index contributed by atoms with van der Waals surface area (Å²) in [6.07, 6.45) is 0. The van der Waals surface area contributed by atoms with Crippen LogP contribution in [0.2, 0.25) is 0 Å². The molecule has 0 spiro atoms. The normalized spacial score (nSPS) is 10.4. The molecule has 1 aromatic heterocycles. The van der Waals surface area contributed by atoms with Crippen LogP contribution in [0.25, 0.3) is 0 Å². The van der Waals surface area contributed by atoms with E-state index in [0.29, 0.717) is 29.2 Å². The van der Waals surface area contributed by atoms with E-state index in [1.54, 1.807) is 25.1 Å². The molecule has 0 fully saturated rings. The van der Waals surface area contributed by atoms with E-state index in [9.17, 15) is 4.79 Å². The predicted octanol–water partition coefficient (Wildman–Crippen LogP) is 1.39. The summed E-state index contributed by atoms with van der Waals surface area (Å²) in [4.78, 5) is 12.0. The zero-order valence-corrected chi connectivity index (χ0v) is 10.9. The number of hydrogen-bond acceptors (Lipinski definition) is 5. The number of nitrogens with zero attached hydrogens (tertiary/aromatic N) is 1. The fourth-order valence-corrected chi connectivity index (χ4v) is 1.83. The fraction of sp³-hybridized carbons (Fsp3) is 0.231. The molecule has 2 rings (SSSR count). The Kier molecular flexibility index (Phi) is 3.41. The van der Waals surface area contributed by atoms with Crippen molar-refractivity contribution in [3.05, 3.63) is 40.8 Å². The maximum absolute atomic E-state index is 12.0. The number of carbonyl (C=O) groups is 1. The van der Waals surface area contributed by atoms with Crippen LogP contribution in [0.1, 0.15) is 27.4 Å². The third kappa shape index (κ3) is 2.85. The van der Waals surface area contributed by atoms with E-state index >= 15 is 0 Å². The number of amides is 1. The number of rotatable bonds is 3. The van der Waals surface area contributed by atoms with Gasteiger partial charge in [-0.15, -0.1) is 0 Å². The largest absolute Gasteiger partial charge is 0.399 e. The van der Waals surface area contributed by atoms with Crippen LogP contribution in [-0.4, -0.2) is 11.1 Å². The van der Waals surface area contributed by atoms with E-state index < -0.39 is 0 Å². The molecule has 6 heteroatoms. The first-order valence-corrected chi connectivity index (χ1v) is 5.83. The quantitative estimate of drug-likeness (QED) is 0.723. The smallest absolute Gasteiger partial charge is 0.251 e. The van der Waals surface area contributed by atoms with Gasteiger partial charge in [0.2, 0.25) is 0 Å². The van der Waals surface area contributed by atoms with Crippen LogP contribution in [0.4, 0.5) is 11.4 Å². The molecule has 6 nitrogen and oxygen atoms in total. The summed E-state index contributed by atoms with van der Waals surface area (Å²) in [5.74, 6) is 0.462. The molecule has 1 amide bonds. The molecule has 19 heavy (non-hydrogen) atoms. The Labute approximate surface area is 110 Å². The lowest BCUT2D eigenvalue weighted by Gasteiger charge is -2.06. The van der Waals surface area contributed by atoms with E-state index in [1.165, 1.54) is 0 Å². The molecule has 0 radical (unpaired) electrons. The van der Waals surface area contributed by atoms with Crippen molar-refractivity contribution in [1.29, 1.82) is 0 Å². The lowest BCUT2D eigenvalue weighted by molar-refractivity contribution is 0.0951. The number of benzene rings is 1. The Morgan fingerprint density at radius 3 is 2.42 bits per heavy atom. The molecule has 1 heterocycles. The van der Waals surface area contributed by atoms with Crippen molar-refractivity contribution in [2.45, 2.75) is 20.4 Å². The van der Waals surface area contributed by atoms with Crippen LogP contribution >= 0.6 is 0 Å². The molecular weight excluding hydrogens is 244 g/mol. The third-order valence-corrected chi connectivity index (χ3v) is 2.85. The number of nitrogens with two attached hydrogens (primary N) is 2. The minimum atomic E-state index is -0.237. The molecule has 1 aromatic carbocycles. The number of carbonyl (C=O) groups excluding carboxylic acids is 1. The number of nitrogen functional groups attached to an aromatic ring is 2. The molecule has 0 saturated heterocycles. The summed E-state index contributed by atoms with van der Waals surface area (Å²) in [6, 6.07) is 4.77. The summed E-state index contributed by atoms with van der Waals surface area (Å²) < 4.78 is 5.03. The summed E-state index contributed by atoms with van der Waals surface area (Å²) in [5.41, 5.74) is 14.3. The fourth-order valence-electron chi connectivity index (χ4n) is 1.83. The van der Waals surface area contributed by atoms with Gasteiger partial charge in [-0.05, 0) is 32.0 Å². The highest BCUT2D eigenvalue weighted by Gasteiger charge is 2.12. The van der Waals surface area contributed by atoms with Gasteiger partial charge in [0.1, 0.15) is 5.76 Å². The highest BCUT2D eigenvalue weighted by Crippen LogP contribution is 2.15. The van der Waals surface area contributed by atoms with Gasteiger partial charge in [-0.25, -0.2) is 0 Å². The van der Waals surface area contributed by atoms with Crippen molar-refractivity contribution < 1.29 is 9.32 Å². The van der Waals surface area contributed by atoms with Crippen LogP contribution in [0, 0.1) is 13.8 Å². The average molecular weight is 260 g/mol. The monoisotopic (exact) mass is 260 g/mol. The topological polar surface area (TPSA) is 107 Å². The zero-order valence-electron chi connectivity index (χ0n) is 10.9. The Hall–Kier alpha value is -2.50. The Morgan fingerprint density at radius 2 is 1.89 bits per heavy atom. The average Bonchev–Trinajstić information content (AvgIpc) is 2.65. The van der Waals surface area contributed by atoms with Crippen LogP contribution in [-0.2, 0) is 6.54 Å². The maximum atomic E-state index is 12.0. The summed E-state index contributed by atoms with van der Waals surface area (Å²) >= 11 is 0. The molecule has 100 valence electrons. The predicted molar refractivity (Wildman–Crippen MR) is 72.4 cm³/mol. The highest BCUT2D eigenvalue weighted by atomic mass is 16.5. The van der Waals surface area contributed by atoms with E-state index in [-0.39, 0.29) is 5.91 Å². The first kappa shape index (κ1) is 12.9. The molecule has 2 aromatic rings. The van der Waals surface area contributed by atoms with Crippen molar-refractivity contribution in [2.75, 3.05) is 11.5 Å². The molecule has 0 atom stereocenters. The highest BCUT2D eigenvalue weighted by molar-refractivity contribution is 5.96. The van der Waals surface area contributed by atoms with E-state index in [1.807, 2.05) is 6.92 Å². The van der Waals surface area contributed by atoms with Crippen LogP contribution in [0.15, 0.2) is 22.7 Å². The van der Waals surface area contributed by atoms with E-state index in [2.05, 4.69) is 10.5 Å². The van der Waals surface area contributed by atoms with Gasteiger partial charge in [-0.3, -0.25) is 4.79 Å². The number of anilines is 2. The van der Waals surface area contributed by atoms with Gasteiger partial charge in [-0.1, -0.05) is 5.16 Å². The van der Waals surface area contributed by atoms with Gasteiger partial charge < -0.3 is 21.3 Å². The van der Waals surface area contributed by atoms with Crippen molar-refractivity contribution in [3.63, 3.8) is 0 Å². The molecule has 0 bridgehead atoms. The molecule has 0 unspecified atom stereocenters. The molecule has 0 aliphatic rings. The Balaban J connectivity index is 2.09. The number of hydrogen-bond donors (Lipinski definition) is 3. The minimum Gasteiger partial charge on any atom is -0.399 e. The van der Waals surface area contributed by atoms with Crippen LogP contribution < -0.4 is 16.8 Å². The van der Waals surface area contributed by atoms with Gasteiger partial charge in [0, 0.05) is 29.0 Å². The SMILES string of the molecule is Cc1noc(C)c1CNC(=O)c1cc(N)cc(N)c1. The maximum Gasteiger partial charge on any atom is 0.251 e. The minimum absolute atomic E-state index is 0.237. The van der Waals surface area contributed by atoms with Crippen LogP contribution in [0.5, 0.6) is 0 Å². The van der Waals surface area contributed by atoms with Gasteiger partial charge >= 0.3 is 0 Å². The van der Waals surface area contributed by atoms with Gasteiger partial charge in [0.15, 0.2) is 0 Å². The second-order valence-corrected chi connectivity index (χ2v) is 4.37. The number of nitrogens with one attached hydrogen (secondary N) is 1. The summed E-state index contributed by atoms with van der Waals surface area (Å²) in [5, 5.41) is 6.62. The number of aromatic nitrogens is 1. The molecule has 0 saturated carbocycles. The van der Waals surface area contributed by atoms with E-state index in [4.69, 9.17) is 16.0 Å². The van der Waals surface area contributed by atoms with Gasteiger partial charge in [0.05, 0.1) is 5.69 Å². The summed E-state index contributed by atoms with van der Waals surface area (Å²) in [7, 11) is 0. The first-order valence-electron chi connectivity index (χ1n) is 5.83. The third-order valence-electron chi connectivity index (χ3n) is 2.85. The van der Waals surface area contributed by atoms with Crippen molar-refractivity contribution in [1.82, 2.24) is 10.5 Å². The summed E-state index contributed by atoms with van der Waals surface area (Å²) in [6.45, 7) is 3.99. The van der Waals surface area contributed by atoms with Crippen LogP contribution in [0.3, 0.4) is 0 Å². The second-order valence-electron chi connectivity index (χ2n) is 4.37. The molecule has 0 aliphatic carbocycles. The van der Waals surface area contributed by atoms with Crippen molar-refractivity contribution in [2.24, 2.45) is 0 Å². The van der Waals surface area contributed by atoms with Gasteiger partial charge in [-0.2, -0.15) is 0 Å². The standard InChI is InChI=1S/C13H16N4O2/c1-7-12(8(2)19-17-7)6-16-13(18)9-3-10(14)5-11(15)4-9/h3-5H,6,14-15H2,1-2H3,(H,16,18). The molecular formula is C13H16N4O2. The molecule has 5 N–H and O–H groups in total. The van der Waals surface area contributed by atoms with Crippen molar-refractivity contribution in [3.8, 4) is 0 Å². The lowest BCUT2D eigenvalue weighted by atomic mass is 10.1.